The summed E-state index contributed by atoms with van der Waals surface area (Å²) < 4.78 is 23.8. The molecule has 0 saturated carbocycles. The molecule has 0 radical (unpaired) electrons. The largest absolute Gasteiger partial charge is 0.480 e. The summed E-state index contributed by atoms with van der Waals surface area (Å²) in [7, 11) is 0. The predicted octanol–water partition coefficient (Wildman–Crippen LogP) is 0.0364. The number of carboxylic acids is 3. The number of carbonyl (C=O) groups is 4. The molecule has 174 valence electrons. The molecular weight excluding hydrogens is 420 g/mol. The van der Waals surface area contributed by atoms with Crippen molar-refractivity contribution in [1.29, 1.82) is 0 Å². The molecule has 12 heteroatoms. The van der Waals surface area contributed by atoms with Crippen molar-refractivity contribution < 1.29 is 58.2 Å². The topological polar surface area (TPSA) is 175 Å². The highest BCUT2D eigenvalue weighted by molar-refractivity contribution is 5.70. The maximum absolute atomic E-state index is 11.3. The second-order valence-corrected chi connectivity index (χ2v) is 5.54. The fraction of sp³-hybridized carbons (Fsp3) is 0.474. The Labute approximate surface area is 178 Å². The first-order valence-electron chi connectivity index (χ1n) is 8.97. The summed E-state index contributed by atoms with van der Waals surface area (Å²) in [6.07, 6.45) is 0. The summed E-state index contributed by atoms with van der Waals surface area (Å²) in [6, 6.07) is 9.31. The molecule has 0 heterocycles. The number of ether oxygens (including phenoxy) is 5. The van der Waals surface area contributed by atoms with E-state index in [4.69, 9.17) is 29.5 Å². The molecule has 0 saturated heterocycles. The van der Waals surface area contributed by atoms with Crippen molar-refractivity contribution >= 4 is 23.9 Å². The van der Waals surface area contributed by atoms with Gasteiger partial charge in [0.05, 0.1) is 26.4 Å². The molecule has 0 unspecified atom stereocenters. The summed E-state index contributed by atoms with van der Waals surface area (Å²) in [5, 5.41) is 24.5. The lowest BCUT2D eigenvalue weighted by molar-refractivity contribution is -0.152. The van der Waals surface area contributed by atoms with Gasteiger partial charge in [0.1, 0.15) is 33.0 Å². The zero-order valence-electron chi connectivity index (χ0n) is 16.8. The summed E-state index contributed by atoms with van der Waals surface area (Å²) in [5.74, 6) is -3.63. The van der Waals surface area contributed by atoms with Crippen LogP contribution in [0.25, 0.3) is 0 Å². The number of esters is 1. The van der Waals surface area contributed by atoms with Crippen LogP contribution >= 0.6 is 0 Å². The highest BCUT2D eigenvalue weighted by atomic mass is 16.6. The quantitative estimate of drug-likeness (QED) is 0.230. The Bertz CT molecular complexity index is 629. The highest BCUT2D eigenvalue weighted by Crippen LogP contribution is 2.00. The Hall–Kier alpha value is -3.06. The van der Waals surface area contributed by atoms with Crippen LogP contribution in [-0.4, -0.2) is 92.1 Å². The summed E-state index contributed by atoms with van der Waals surface area (Å²) in [5.41, 5.74) is 0.903. The monoisotopic (exact) mass is 446 g/mol. The average molecular weight is 446 g/mol. The Kier molecular flexibility index (Phi) is 17.1. The van der Waals surface area contributed by atoms with Crippen molar-refractivity contribution in [2.75, 3.05) is 52.9 Å². The number of carbonyl (C=O) groups excluding carboxylic acids is 1. The van der Waals surface area contributed by atoms with Crippen LogP contribution in [0.5, 0.6) is 0 Å². The van der Waals surface area contributed by atoms with Crippen LogP contribution in [-0.2, 0) is 49.5 Å². The van der Waals surface area contributed by atoms with E-state index in [0.717, 1.165) is 5.56 Å². The van der Waals surface area contributed by atoms with E-state index in [9.17, 15) is 19.2 Å². The SMILES string of the molecule is O=C(O)COCCOCC(=O)O.O=C(O)COCCOCC(=O)OCc1ccccc1. The van der Waals surface area contributed by atoms with Gasteiger partial charge in [-0.1, -0.05) is 30.3 Å². The maximum Gasteiger partial charge on any atom is 0.332 e. The highest BCUT2D eigenvalue weighted by Gasteiger charge is 2.04. The van der Waals surface area contributed by atoms with Gasteiger partial charge in [-0.05, 0) is 5.56 Å². The zero-order valence-corrected chi connectivity index (χ0v) is 16.8. The van der Waals surface area contributed by atoms with Gasteiger partial charge in [0, 0.05) is 0 Å². The van der Waals surface area contributed by atoms with E-state index >= 15 is 0 Å². The summed E-state index contributed by atoms with van der Waals surface area (Å²) in [6.45, 7) is -0.693. The maximum atomic E-state index is 11.3. The standard InChI is InChI=1S/C13H16O6.C6H10O6/c14-12(15)9-17-6-7-18-10-13(16)19-8-11-4-2-1-3-5-11;7-5(8)3-11-1-2-12-4-6(9)10/h1-5H,6-10H2,(H,14,15);1-4H2,(H,7,8)(H,9,10). The van der Waals surface area contributed by atoms with Gasteiger partial charge in [-0.25, -0.2) is 19.2 Å². The smallest absolute Gasteiger partial charge is 0.332 e. The molecule has 0 atom stereocenters. The second kappa shape index (κ2) is 18.9. The van der Waals surface area contributed by atoms with Gasteiger partial charge in [0.2, 0.25) is 0 Å². The molecule has 31 heavy (non-hydrogen) atoms. The van der Waals surface area contributed by atoms with Crippen molar-refractivity contribution in [3.05, 3.63) is 35.9 Å². The van der Waals surface area contributed by atoms with Gasteiger partial charge in [0.15, 0.2) is 0 Å². The van der Waals surface area contributed by atoms with Gasteiger partial charge in [-0.15, -0.1) is 0 Å². The molecule has 0 aromatic heterocycles. The second-order valence-electron chi connectivity index (χ2n) is 5.54. The molecule has 1 aromatic carbocycles. The molecule has 0 aliphatic carbocycles. The molecule has 0 fully saturated rings. The minimum Gasteiger partial charge on any atom is -0.480 e. The number of hydrogen-bond donors (Lipinski definition) is 3. The predicted molar refractivity (Wildman–Crippen MR) is 102 cm³/mol. The minimum absolute atomic E-state index is 0.0829. The summed E-state index contributed by atoms with van der Waals surface area (Å²) in [4.78, 5) is 41.2. The van der Waals surface area contributed by atoms with Crippen LogP contribution in [0, 0.1) is 0 Å². The lowest BCUT2D eigenvalue weighted by atomic mass is 10.2. The fourth-order valence-corrected chi connectivity index (χ4v) is 1.65. The molecule has 0 spiro atoms. The molecule has 1 aromatic rings. The Morgan fingerprint density at radius 3 is 1.39 bits per heavy atom. The average Bonchev–Trinajstić information content (AvgIpc) is 2.72. The van der Waals surface area contributed by atoms with E-state index < -0.39 is 37.1 Å². The lowest BCUT2D eigenvalue weighted by Crippen LogP contribution is -2.16. The molecular formula is C19H26O12. The van der Waals surface area contributed by atoms with Gasteiger partial charge in [0.25, 0.3) is 0 Å². The van der Waals surface area contributed by atoms with Crippen LogP contribution < -0.4 is 0 Å². The van der Waals surface area contributed by atoms with Crippen LogP contribution in [0.15, 0.2) is 30.3 Å². The number of benzene rings is 1. The van der Waals surface area contributed by atoms with Crippen molar-refractivity contribution in [2.45, 2.75) is 6.61 Å². The van der Waals surface area contributed by atoms with E-state index in [1.807, 2.05) is 30.3 Å². The minimum atomic E-state index is -1.06. The lowest BCUT2D eigenvalue weighted by Gasteiger charge is -2.06. The number of rotatable bonds is 16. The molecule has 12 nitrogen and oxygen atoms in total. The van der Waals surface area contributed by atoms with E-state index in [2.05, 4.69) is 9.47 Å². The van der Waals surface area contributed by atoms with Crippen molar-refractivity contribution in [2.24, 2.45) is 0 Å². The van der Waals surface area contributed by atoms with E-state index in [1.165, 1.54) is 0 Å². The first kappa shape index (κ1) is 27.9. The van der Waals surface area contributed by atoms with Gasteiger partial charge in [-0.2, -0.15) is 0 Å². The Balaban J connectivity index is 0.000000649. The first-order valence-corrected chi connectivity index (χ1v) is 8.97. The fourth-order valence-electron chi connectivity index (χ4n) is 1.65. The zero-order chi connectivity index (χ0) is 23.3. The molecule has 0 aliphatic heterocycles. The van der Waals surface area contributed by atoms with Crippen LogP contribution in [0.1, 0.15) is 5.56 Å². The Morgan fingerprint density at radius 1 is 0.613 bits per heavy atom. The van der Waals surface area contributed by atoms with E-state index in [-0.39, 0.29) is 46.2 Å². The van der Waals surface area contributed by atoms with Gasteiger partial charge >= 0.3 is 23.9 Å². The Morgan fingerprint density at radius 2 is 1.00 bits per heavy atom. The number of carboxylic acid groups (broad SMARTS) is 3. The number of aliphatic carboxylic acids is 3. The molecule has 0 amide bonds. The van der Waals surface area contributed by atoms with E-state index in [0.29, 0.717) is 0 Å². The van der Waals surface area contributed by atoms with Crippen LogP contribution in [0.3, 0.4) is 0 Å². The molecule has 1 rings (SSSR count). The van der Waals surface area contributed by atoms with Crippen molar-refractivity contribution in [3.63, 3.8) is 0 Å². The third-order valence-corrected chi connectivity index (χ3v) is 2.88. The molecule has 0 aliphatic rings. The third-order valence-electron chi connectivity index (χ3n) is 2.88. The third kappa shape index (κ3) is 21.5. The van der Waals surface area contributed by atoms with Gasteiger partial charge < -0.3 is 39.0 Å². The summed E-state index contributed by atoms with van der Waals surface area (Å²) >= 11 is 0. The molecule has 3 N–H and O–H groups in total. The first-order chi connectivity index (χ1) is 14.8. The van der Waals surface area contributed by atoms with Gasteiger partial charge in [-0.3, -0.25) is 0 Å². The van der Waals surface area contributed by atoms with E-state index in [1.54, 1.807) is 0 Å². The van der Waals surface area contributed by atoms with Crippen LogP contribution in [0.4, 0.5) is 0 Å². The van der Waals surface area contributed by atoms with Crippen molar-refractivity contribution in [3.8, 4) is 0 Å². The normalized spacial score (nSPS) is 9.94. The number of hydrogen-bond acceptors (Lipinski definition) is 9. The van der Waals surface area contributed by atoms with Crippen molar-refractivity contribution in [1.82, 2.24) is 0 Å². The van der Waals surface area contributed by atoms with Crippen LogP contribution in [0.2, 0.25) is 0 Å². The molecule has 0 bridgehead atoms.